The number of carbonyl (C=O) groups excluding carboxylic acids is 1. The Morgan fingerprint density at radius 1 is 1.12 bits per heavy atom. The van der Waals surface area contributed by atoms with Crippen molar-refractivity contribution in [3.05, 3.63) is 60.2 Å². The molecule has 0 atom stereocenters. The van der Waals surface area contributed by atoms with Gasteiger partial charge >= 0.3 is 5.97 Å². The maximum atomic E-state index is 11.9. The van der Waals surface area contributed by atoms with Gasteiger partial charge in [-0.25, -0.2) is 4.79 Å². The molecule has 6 nitrogen and oxygen atoms in total. The quantitative estimate of drug-likeness (QED) is 0.764. The fourth-order valence-corrected chi connectivity index (χ4v) is 1.93. The Bertz CT molecular complexity index is 737. The molecule has 6 heteroatoms. The summed E-state index contributed by atoms with van der Waals surface area (Å²) >= 11 is 0. The largest absolute Gasteiger partial charge is 0.496 e. The van der Waals surface area contributed by atoms with Crippen LogP contribution in [0, 0.1) is 0 Å². The molecule has 2 rings (SSSR count). The SMILES string of the molecule is COc1ccccc1/C=C/C(=O)Nc1ccc(OCC(=O)O)cc1. The molecular weight excluding hydrogens is 310 g/mol. The van der Waals surface area contributed by atoms with Crippen molar-refractivity contribution in [2.24, 2.45) is 0 Å². The highest BCUT2D eigenvalue weighted by molar-refractivity contribution is 6.02. The van der Waals surface area contributed by atoms with E-state index < -0.39 is 12.6 Å². The van der Waals surface area contributed by atoms with E-state index in [1.54, 1.807) is 37.5 Å². The fraction of sp³-hybridized carbons (Fsp3) is 0.111. The molecule has 0 fully saturated rings. The van der Waals surface area contributed by atoms with Crippen molar-refractivity contribution in [2.75, 3.05) is 19.0 Å². The van der Waals surface area contributed by atoms with Crippen LogP contribution in [0.5, 0.6) is 11.5 Å². The van der Waals surface area contributed by atoms with E-state index in [-0.39, 0.29) is 5.91 Å². The molecule has 1 amide bonds. The predicted molar refractivity (Wildman–Crippen MR) is 90.2 cm³/mol. The first-order valence-corrected chi connectivity index (χ1v) is 7.15. The van der Waals surface area contributed by atoms with Gasteiger partial charge in [0.15, 0.2) is 6.61 Å². The second-order valence-corrected chi connectivity index (χ2v) is 4.77. The van der Waals surface area contributed by atoms with Gasteiger partial charge in [-0.2, -0.15) is 0 Å². The number of carboxylic acid groups (broad SMARTS) is 1. The van der Waals surface area contributed by atoms with Crippen molar-refractivity contribution in [1.82, 2.24) is 0 Å². The molecule has 0 radical (unpaired) electrons. The Kier molecular flexibility index (Phi) is 5.96. The number of carboxylic acids is 1. The smallest absolute Gasteiger partial charge is 0.341 e. The fourth-order valence-electron chi connectivity index (χ4n) is 1.93. The lowest BCUT2D eigenvalue weighted by molar-refractivity contribution is -0.139. The van der Waals surface area contributed by atoms with Crippen molar-refractivity contribution in [2.45, 2.75) is 0 Å². The molecule has 0 saturated carbocycles. The molecule has 0 unspecified atom stereocenters. The van der Waals surface area contributed by atoms with Crippen molar-refractivity contribution in [3.63, 3.8) is 0 Å². The van der Waals surface area contributed by atoms with Gasteiger partial charge in [0, 0.05) is 17.3 Å². The number of ether oxygens (including phenoxy) is 2. The molecule has 0 aromatic heterocycles. The summed E-state index contributed by atoms with van der Waals surface area (Å²) in [4.78, 5) is 22.4. The van der Waals surface area contributed by atoms with E-state index in [0.29, 0.717) is 17.2 Å². The van der Waals surface area contributed by atoms with Crippen molar-refractivity contribution in [1.29, 1.82) is 0 Å². The van der Waals surface area contributed by atoms with Gasteiger partial charge in [-0.15, -0.1) is 0 Å². The van der Waals surface area contributed by atoms with Crippen LogP contribution >= 0.6 is 0 Å². The topological polar surface area (TPSA) is 84.9 Å². The first kappa shape index (κ1) is 17.1. The molecular formula is C18H17NO5. The third kappa shape index (κ3) is 5.17. The van der Waals surface area contributed by atoms with Crippen LogP contribution in [0.15, 0.2) is 54.6 Å². The first-order valence-electron chi connectivity index (χ1n) is 7.15. The number of rotatable bonds is 7. The normalized spacial score (nSPS) is 10.4. The maximum Gasteiger partial charge on any atom is 0.341 e. The van der Waals surface area contributed by atoms with Gasteiger partial charge in [0.1, 0.15) is 11.5 Å². The van der Waals surface area contributed by atoms with Crippen LogP contribution in [0.4, 0.5) is 5.69 Å². The molecule has 0 spiro atoms. The van der Waals surface area contributed by atoms with E-state index in [4.69, 9.17) is 14.6 Å². The number of hydrogen-bond acceptors (Lipinski definition) is 4. The molecule has 2 aromatic carbocycles. The van der Waals surface area contributed by atoms with Gasteiger partial charge in [0.2, 0.25) is 5.91 Å². The highest BCUT2D eigenvalue weighted by Gasteiger charge is 2.02. The summed E-state index contributed by atoms with van der Waals surface area (Å²) in [5.74, 6) is -0.240. The lowest BCUT2D eigenvalue weighted by atomic mass is 10.2. The molecule has 0 saturated heterocycles. The number of anilines is 1. The van der Waals surface area contributed by atoms with E-state index in [9.17, 15) is 9.59 Å². The number of nitrogens with one attached hydrogen (secondary N) is 1. The zero-order chi connectivity index (χ0) is 17.4. The number of carbonyl (C=O) groups is 2. The minimum absolute atomic E-state index is 0.292. The maximum absolute atomic E-state index is 11.9. The molecule has 0 aliphatic heterocycles. The van der Waals surface area contributed by atoms with Gasteiger partial charge in [0.25, 0.3) is 0 Å². The van der Waals surface area contributed by atoms with Gasteiger partial charge in [-0.3, -0.25) is 4.79 Å². The third-order valence-corrected chi connectivity index (χ3v) is 3.04. The average Bonchev–Trinajstić information content (AvgIpc) is 2.59. The number of para-hydroxylation sites is 1. The summed E-state index contributed by atoms with van der Waals surface area (Å²) in [6, 6.07) is 13.8. The number of amides is 1. The average molecular weight is 327 g/mol. The third-order valence-electron chi connectivity index (χ3n) is 3.04. The zero-order valence-electron chi connectivity index (χ0n) is 13.1. The van der Waals surface area contributed by atoms with Crippen LogP contribution in [0.3, 0.4) is 0 Å². The Hall–Kier alpha value is -3.28. The summed E-state index contributed by atoms with van der Waals surface area (Å²) in [7, 11) is 1.57. The number of hydrogen-bond donors (Lipinski definition) is 2. The van der Waals surface area contributed by atoms with E-state index in [1.165, 1.54) is 6.08 Å². The summed E-state index contributed by atoms with van der Waals surface area (Å²) in [5.41, 5.74) is 1.37. The van der Waals surface area contributed by atoms with E-state index in [1.807, 2.05) is 24.3 Å². The van der Waals surface area contributed by atoms with Crippen LogP contribution in [0.1, 0.15) is 5.56 Å². The predicted octanol–water partition coefficient (Wildman–Crippen LogP) is 2.81. The first-order chi connectivity index (χ1) is 11.6. The van der Waals surface area contributed by atoms with Gasteiger partial charge in [-0.1, -0.05) is 18.2 Å². The van der Waals surface area contributed by atoms with Gasteiger partial charge < -0.3 is 19.9 Å². The lowest BCUT2D eigenvalue weighted by Gasteiger charge is -2.06. The molecule has 124 valence electrons. The number of benzene rings is 2. The molecule has 0 aliphatic rings. The van der Waals surface area contributed by atoms with E-state index in [0.717, 1.165) is 5.56 Å². The molecule has 2 N–H and O–H groups in total. The second kappa shape index (κ2) is 8.38. The zero-order valence-corrected chi connectivity index (χ0v) is 13.1. The Labute approximate surface area is 139 Å². The summed E-state index contributed by atoms with van der Waals surface area (Å²) in [5, 5.41) is 11.2. The van der Waals surface area contributed by atoms with Gasteiger partial charge in [-0.05, 0) is 36.4 Å². The Balaban J connectivity index is 1.94. The highest BCUT2D eigenvalue weighted by Crippen LogP contribution is 2.19. The van der Waals surface area contributed by atoms with Crippen LogP contribution in [0.2, 0.25) is 0 Å². The van der Waals surface area contributed by atoms with Crippen LogP contribution in [0.25, 0.3) is 6.08 Å². The monoisotopic (exact) mass is 327 g/mol. The van der Waals surface area contributed by atoms with Crippen LogP contribution in [-0.2, 0) is 9.59 Å². The van der Waals surface area contributed by atoms with Crippen molar-refractivity contribution in [3.8, 4) is 11.5 Å². The second-order valence-electron chi connectivity index (χ2n) is 4.77. The van der Waals surface area contributed by atoms with Crippen molar-refractivity contribution < 1.29 is 24.2 Å². The van der Waals surface area contributed by atoms with Gasteiger partial charge in [0.05, 0.1) is 7.11 Å². The molecule has 0 aliphatic carbocycles. The summed E-state index contributed by atoms with van der Waals surface area (Å²) in [6.07, 6.45) is 3.07. The number of methoxy groups -OCH3 is 1. The molecule has 24 heavy (non-hydrogen) atoms. The van der Waals surface area contributed by atoms with Crippen molar-refractivity contribution >= 4 is 23.6 Å². The molecule has 2 aromatic rings. The standard InChI is InChI=1S/C18H17NO5/c1-23-16-5-3-2-4-13(16)6-11-17(20)19-14-7-9-15(10-8-14)24-12-18(21)22/h2-11H,12H2,1H3,(H,19,20)(H,21,22)/b11-6+. The van der Waals surface area contributed by atoms with E-state index >= 15 is 0 Å². The van der Waals surface area contributed by atoms with E-state index in [2.05, 4.69) is 5.32 Å². The lowest BCUT2D eigenvalue weighted by Crippen LogP contribution is -2.10. The molecule has 0 heterocycles. The number of aliphatic carboxylic acids is 1. The summed E-state index contributed by atoms with van der Waals surface area (Å²) in [6.45, 7) is -0.409. The Morgan fingerprint density at radius 2 is 1.83 bits per heavy atom. The summed E-state index contributed by atoms with van der Waals surface area (Å²) < 4.78 is 10.2. The highest BCUT2D eigenvalue weighted by atomic mass is 16.5. The molecule has 0 bridgehead atoms. The minimum Gasteiger partial charge on any atom is -0.496 e. The van der Waals surface area contributed by atoms with Crippen LogP contribution < -0.4 is 14.8 Å². The van der Waals surface area contributed by atoms with Crippen LogP contribution in [-0.4, -0.2) is 30.7 Å². The minimum atomic E-state index is -1.05. The Morgan fingerprint density at radius 3 is 2.50 bits per heavy atom.